The maximum atomic E-state index is 11.3. The summed E-state index contributed by atoms with van der Waals surface area (Å²) in [6.07, 6.45) is 0.301. The molecule has 0 unspecified atom stereocenters. The molecule has 1 amide bonds. The molecule has 4 nitrogen and oxygen atoms in total. The normalized spacial score (nSPS) is 10.0. The maximum Gasteiger partial charge on any atom is 0.223 e. The van der Waals surface area contributed by atoms with Crippen molar-refractivity contribution in [3.63, 3.8) is 0 Å². The van der Waals surface area contributed by atoms with E-state index in [1.54, 1.807) is 19.2 Å². The summed E-state index contributed by atoms with van der Waals surface area (Å²) in [6, 6.07) is 7.17. The van der Waals surface area contributed by atoms with Crippen LogP contribution in [-0.2, 0) is 9.53 Å². The van der Waals surface area contributed by atoms with E-state index in [-0.39, 0.29) is 5.91 Å². The third-order valence-electron chi connectivity index (χ3n) is 2.05. The fraction of sp³-hybridized carbons (Fsp3) is 0.417. The number of hydrogen-bond donors (Lipinski definition) is 1. The molecule has 1 rings (SSSR count). The monoisotopic (exact) mass is 257 g/mol. The van der Waals surface area contributed by atoms with Crippen LogP contribution in [0.1, 0.15) is 6.42 Å². The van der Waals surface area contributed by atoms with Gasteiger partial charge in [0.05, 0.1) is 24.7 Å². The van der Waals surface area contributed by atoms with Crippen LogP contribution in [0.5, 0.6) is 5.75 Å². The zero-order valence-electron chi connectivity index (χ0n) is 9.74. The molecular formula is C12H16ClNO3. The molecule has 94 valence electrons. The van der Waals surface area contributed by atoms with Crippen molar-refractivity contribution in [1.29, 1.82) is 0 Å². The molecular weight excluding hydrogens is 242 g/mol. The Morgan fingerprint density at radius 3 is 2.82 bits per heavy atom. The summed E-state index contributed by atoms with van der Waals surface area (Å²) in [6.45, 7) is 1.33. The zero-order valence-corrected chi connectivity index (χ0v) is 10.5. The average Bonchev–Trinajstić information content (AvgIpc) is 2.32. The molecule has 1 aromatic carbocycles. The summed E-state index contributed by atoms with van der Waals surface area (Å²) in [7, 11) is 1.59. The van der Waals surface area contributed by atoms with Crippen LogP contribution in [0.2, 0.25) is 5.02 Å². The Morgan fingerprint density at radius 2 is 2.12 bits per heavy atom. The van der Waals surface area contributed by atoms with Crippen molar-refractivity contribution in [1.82, 2.24) is 5.32 Å². The van der Waals surface area contributed by atoms with Crippen molar-refractivity contribution in [2.24, 2.45) is 0 Å². The number of benzene rings is 1. The van der Waals surface area contributed by atoms with E-state index in [0.717, 1.165) is 0 Å². The first-order chi connectivity index (χ1) is 8.24. The summed E-state index contributed by atoms with van der Waals surface area (Å²) >= 11 is 5.90. The molecule has 1 N–H and O–H groups in total. The first-order valence-corrected chi connectivity index (χ1v) is 5.75. The molecule has 0 aliphatic carbocycles. The first kappa shape index (κ1) is 13.8. The summed E-state index contributed by atoms with van der Waals surface area (Å²) in [4.78, 5) is 11.3. The number of carbonyl (C=O) groups excluding carboxylic acids is 1. The van der Waals surface area contributed by atoms with Gasteiger partial charge in [-0.25, -0.2) is 0 Å². The number of amides is 1. The standard InChI is InChI=1S/C12H16ClNO3/c1-16-9-7-14-12(15)6-8-17-11-5-3-2-4-10(11)13/h2-5H,6-9H2,1H3,(H,14,15). The van der Waals surface area contributed by atoms with Crippen LogP contribution in [0.25, 0.3) is 0 Å². The fourth-order valence-corrected chi connectivity index (χ4v) is 1.39. The molecule has 0 aliphatic rings. The molecule has 0 aromatic heterocycles. The summed E-state index contributed by atoms with van der Waals surface area (Å²) in [5.41, 5.74) is 0. The van der Waals surface area contributed by atoms with E-state index in [1.807, 2.05) is 12.1 Å². The van der Waals surface area contributed by atoms with E-state index in [4.69, 9.17) is 21.1 Å². The molecule has 0 fully saturated rings. The van der Waals surface area contributed by atoms with E-state index in [9.17, 15) is 4.79 Å². The van der Waals surface area contributed by atoms with Gasteiger partial charge in [0, 0.05) is 13.7 Å². The first-order valence-electron chi connectivity index (χ1n) is 5.37. The molecule has 1 aromatic rings. The third kappa shape index (κ3) is 5.56. The highest BCUT2D eigenvalue weighted by Gasteiger charge is 2.03. The van der Waals surface area contributed by atoms with Gasteiger partial charge in [-0.2, -0.15) is 0 Å². The average molecular weight is 258 g/mol. The highest BCUT2D eigenvalue weighted by molar-refractivity contribution is 6.32. The number of methoxy groups -OCH3 is 1. The quantitative estimate of drug-likeness (QED) is 0.759. The van der Waals surface area contributed by atoms with Gasteiger partial charge in [0.2, 0.25) is 5.91 Å². The summed E-state index contributed by atoms with van der Waals surface area (Å²) in [5, 5.41) is 3.26. The van der Waals surface area contributed by atoms with Crippen molar-refractivity contribution < 1.29 is 14.3 Å². The number of halogens is 1. The molecule has 0 spiro atoms. The van der Waals surface area contributed by atoms with Gasteiger partial charge in [0.1, 0.15) is 5.75 Å². The SMILES string of the molecule is COCCNC(=O)CCOc1ccccc1Cl. The lowest BCUT2D eigenvalue weighted by Gasteiger charge is -2.08. The molecule has 0 saturated carbocycles. The van der Waals surface area contributed by atoms with Gasteiger partial charge in [-0.1, -0.05) is 23.7 Å². The molecule has 0 aliphatic heterocycles. The van der Waals surface area contributed by atoms with Gasteiger partial charge in [-0.05, 0) is 12.1 Å². The number of rotatable bonds is 7. The molecule has 17 heavy (non-hydrogen) atoms. The van der Waals surface area contributed by atoms with Crippen LogP contribution in [0.15, 0.2) is 24.3 Å². The lowest BCUT2D eigenvalue weighted by atomic mass is 10.3. The Bertz CT molecular complexity index is 357. The van der Waals surface area contributed by atoms with Crippen molar-refractivity contribution in [3.8, 4) is 5.75 Å². The molecule has 0 bridgehead atoms. The highest BCUT2D eigenvalue weighted by atomic mass is 35.5. The van der Waals surface area contributed by atoms with Crippen LogP contribution in [0.3, 0.4) is 0 Å². The number of ether oxygens (including phenoxy) is 2. The van der Waals surface area contributed by atoms with Crippen LogP contribution in [0, 0.1) is 0 Å². The Balaban J connectivity index is 2.19. The van der Waals surface area contributed by atoms with E-state index in [2.05, 4.69) is 5.32 Å². The van der Waals surface area contributed by atoms with Crippen LogP contribution in [-0.4, -0.2) is 32.8 Å². The number of carbonyl (C=O) groups is 1. The van der Waals surface area contributed by atoms with Crippen molar-refractivity contribution in [3.05, 3.63) is 29.3 Å². The van der Waals surface area contributed by atoms with E-state index in [1.165, 1.54) is 0 Å². The van der Waals surface area contributed by atoms with Gasteiger partial charge < -0.3 is 14.8 Å². The predicted molar refractivity (Wildman–Crippen MR) is 66.4 cm³/mol. The minimum atomic E-state index is -0.0610. The topological polar surface area (TPSA) is 47.6 Å². The second kappa shape index (κ2) is 7.92. The lowest BCUT2D eigenvalue weighted by Crippen LogP contribution is -2.28. The largest absolute Gasteiger partial charge is 0.491 e. The summed E-state index contributed by atoms with van der Waals surface area (Å²) in [5.74, 6) is 0.535. The highest BCUT2D eigenvalue weighted by Crippen LogP contribution is 2.22. The van der Waals surface area contributed by atoms with Crippen molar-refractivity contribution >= 4 is 17.5 Å². The van der Waals surface area contributed by atoms with E-state index < -0.39 is 0 Å². The van der Waals surface area contributed by atoms with Crippen LogP contribution >= 0.6 is 11.6 Å². The second-order valence-corrected chi connectivity index (χ2v) is 3.78. The van der Waals surface area contributed by atoms with Crippen LogP contribution in [0.4, 0.5) is 0 Å². The minimum absolute atomic E-state index is 0.0610. The van der Waals surface area contributed by atoms with Gasteiger partial charge >= 0.3 is 0 Å². The Morgan fingerprint density at radius 1 is 1.35 bits per heavy atom. The zero-order chi connectivity index (χ0) is 12.5. The van der Waals surface area contributed by atoms with Gasteiger partial charge in [-0.3, -0.25) is 4.79 Å². The van der Waals surface area contributed by atoms with E-state index >= 15 is 0 Å². The number of para-hydroxylation sites is 1. The molecule has 0 saturated heterocycles. The fourth-order valence-electron chi connectivity index (χ4n) is 1.20. The smallest absolute Gasteiger partial charge is 0.223 e. The molecule has 0 radical (unpaired) electrons. The molecule has 5 heteroatoms. The number of nitrogens with one attached hydrogen (secondary N) is 1. The van der Waals surface area contributed by atoms with Crippen LogP contribution < -0.4 is 10.1 Å². The Hall–Kier alpha value is -1.26. The summed E-state index contributed by atoms with van der Waals surface area (Å²) < 4.78 is 10.2. The second-order valence-electron chi connectivity index (χ2n) is 3.37. The third-order valence-corrected chi connectivity index (χ3v) is 2.36. The van der Waals surface area contributed by atoms with Gasteiger partial charge in [-0.15, -0.1) is 0 Å². The maximum absolute atomic E-state index is 11.3. The lowest BCUT2D eigenvalue weighted by molar-refractivity contribution is -0.121. The Kier molecular flexibility index (Phi) is 6.43. The van der Waals surface area contributed by atoms with E-state index in [0.29, 0.717) is 37.0 Å². The predicted octanol–water partition coefficient (Wildman–Crippen LogP) is 1.87. The van der Waals surface area contributed by atoms with Gasteiger partial charge in [0.15, 0.2) is 0 Å². The van der Waals surface area contributed by atoms with Gasteiger partial charge in [0.25, 0.3) is 0 Å². The molecule has 0 heterocycles. The van der Waals surface area contributed by atoms with Crippen molar-refractivity contribution in [2.75, 3.05) is 26.9 Å². The Labute approximate surface area is 106 Å². The minimum Gasteiger partial charge on any atom is -0.491 e. The number of hydrogen-bond acceptors (Lipinski definition) is 3. The molecule has 0 atom stereocenters. The van der Waals surface area contributed by atoms with Crippen molar-refractivity contribution in [2.45, 2.75) is 6.42 Å².